The Kier molecular flexibility index (Phi) is 5.90. The molecule has 1 fully saturated rings. The molecule has 3 rings (SSSR count). The minimum atomic E-state index is -0.198. The minimum Gasteiger partial charge on any atom is -0.469 e. The molecule has 3 heterocycles. The van der Waals surface area contributed by atoms with E-state index in [0.29, 0.717) is 26.2 Å². The summed E-state index contributed by atoms with van der Waals surface area (Å²) in [5, 5.41) is 5.83. The van der Waals surface area contributed by atoms with Crippen LogP contribution in [0.3, 0.4) is 0 Å². The second-order valence-corrected chi connectivity index (χ2v) is 6.10. The van der Waals surface area contributed by atoms with E-state index in [-0.39, 0.29) is 12.1 Å². The molecule has 1 unspecified atom stereocenters. The van der Waals surface area contributed by atoms with Crippen molar-refractivity contribution in [2.24, 2.45) is 0 Å². The van der Waals surface area contributed by atoms with E-state index in [1.54, 1.807) is 12.5 Å². The third-order valence-electron chi connectivity index (χ3n) is 4.08. The first-order valence-electron chi connectivity index (χ1n) is 8.55. The minimum absolute atomic E-state index is 0.0150. The number of rotatable bonds is 6. The molecular formula is C18H24N4O3. The fraction of sp³-hybridized carbons (Fsp3) is 0.444. The average Bonchev–Trinajstić information content (AvgIpc) is 3.14. The zero-order valence-electron chi connectivity index (χ0n) is 14.4. The van der Waals surface area contributed by atoms with Crippen LogP contribution in [-0.2, 0) is 17.7 Å². The van der Waals surface area contributed by atoms with Crippen molar-refractivity contribution in [2.45, 2.75) is 25.9 Å². The van der Waals surface area contributed by atoms with Gasteiger partial charge < -0.3 is 24.7 Å². The van der Waals surface area contributed by atoms with E-state index < -0.39 is 0 Å². The summed E-state index contributed by atoms with van der Waals surface area (Å²) in [4.78, 5) is 18.8. The van der Waals surface area contributed by atoms with Crippen molar-refractivity contribution >= 4 is 11.8 Å². The van der Waals surface area contributed by atoms with Gasteiger partial charge in [-0.1, -0.05) is 6.07 Å². The van der Waals surface area contributed by atoms with Crippen LogP contribution < -0.4 is 15.5 Å². The molecule has 7 heteroatoms. The number of urea groups is 1. The maximum Gasteiger partial charge on any atom is 0.315 e. The average molecular weight is 344 g/mol. The maximum atomic E-state index is 12.1. The number of amides is 2. The van der Waals surface area contributed by atoms with Gasteiger partial charge >= 0.3 is 6.03 Å². The molecular weight excluding hydrogens is 320 g/mol. The van der Waals surface area contributed by atoms with Crippen molar-refractivity contribution in [1.82, 2.24) is 15.6 Å². The number of carbonyl (C=O) groups is 1. The number of aromatic nitrogens is 1. The fourth-order valence-electron chi connectivity index (χ4n) is 2.86. The maximum absolute atomic E-state index is 12.1. The quantitative estimate of drug-likeness (QED) is 0.837. The van der Waals surface area contributed by atoms with Gasteiger partial charge in [0.2, 0.25) is 0 Å². The van der Waals surface area contributed by atoms with Crippen LogP contribution in [0.25, 0.3) is 0 Å². The Labute approximate surface area is 147 Å². The van der Waals surface area contributed by atoms with Crippen LogP contribution in [0.15, 0.2) is 41.1 Å². The lowest BCUT2D eigenvalue weighted by molar-refractivity contribution is 0.122. The summed E-state index contributed by atoms with van der Waals surface area (Å²) in [6, 6.07) is 7.41. The van der Waals surface area contributed by atoms with Gasteiger partial charge in [-0.15, -0.1) is 0 Å². The summed E-state index contributed by atoms with van der Waals surface area (Å²) in [6.45, 7) is 5.42. The predicted octanol–water partition coefficient (Wildman–Crippen LogP) is 1.94. The van der Waals surface area contributed by atoms with Gasteiger partial charge in [-0.2, -0.15) is 0 Å². The number of carbonyl (C=O) groups excluding carboxylic acids is 1. The zero-order valence-corrected chi connectivity index (χ0v) is 14.4. The highest BCUT2D eigenvalue weighted by molar-refractivity contribution is 5.74. The van der Waals surface area contributed by atoms with Gasteiger partial charge in [0.15, 0.2) is 0 Å². The van der Waals surface area contributed by atoms with E-state index in [1.165, 1.54) is 0 Å². The molecule has 0 spiro atoms. The molecule has 2 aromatic rings. The van der Waals surface area contributed by atoms with Gasteiger partial charge in [0.1, 0.15) is 11.6 Å². The SMILES string of the molecule is CC(Cc1ccco1)NC(=O)NCc1cccnc1N1CCOCC1. The lowest BCUT2D eigenvalue weighted by atomic mass is 10.2. The zero-order chi connectivity index (χ0) is 17.5. The van der Waals surface area contributed by atoms with Gasteiger partial charge in [0.25, 0.3) is 0 Å². The Bertz CT molecular complexity index is 669. The number of nitrogens with one attached hydrogen (secondary N) is 2. The molecule has 0 aromatic carbocycles. The molecule has 1 aliphatic heterocycles. The summed E-state index contributed by atoms with van der Waals surface area (Å²) in [7, 11) is 0. The van der Waals surface area contributed by atoms with Gasteiger partial charge in [-0.3, -0.25) is 0 Å². The predicted molar refractivity (Wildman–Crippen MR) is 94.5 cm³/mol. The second-order valence-electron chi connectivity index (χ2n) is 6.10. The Morgan fingerprint density at radius 2 is 2.16 bits per heavy atom. The summed E-state index contributed by atoms with van der Waals surface area (Å²) in [5.41, 5.74) is 0.998. The number of nitrogens with zero attached hydrogens (tertiary/aromatic N) is 2. The van der Waals surface area contributed by atoms with E-state index in [9.17, 15) is 4.79 Å². The van der Waals surface area contributed by atoms with E-state index in [1.807, 2.05) is 31.2 Å². The van der Waals surface area contributed by atoms with Crippen molar-refractivity contribution in [2.75, 3.05) is 31.2 Å². The summed E-state index contributed by atoms with van der Waals surface area (Å²) in [6.07, 6.45) is 4.07. The molecule has 7 nitrogen and oxygen atoms in total. The number of morpholine rings is 1. The van der Waals surface area contributed by atoms with Crippen LogP contribution in [0, 0.1) is 0 Å². The Balaban J connectivity index is 1.51. The van der Waals surface area contributed by atoms with E-state index in [0.717, 1.165) is 30.2 Å². The number of hydrogen-bond acceptors (Lipinski definition) is 5. The van der Waals surface area contributed by atoms with Crippen molar-refractivity contribution < 1.29 is 13.9 Å². The third kappa shape index (κ3) is 4.96. The smallest absolute Gasteiger partial charge is 0.315 e. The van der Waals surface area contributed by atoms with Crippen molar-refractivity contribution in [3.63, 3.8) is 0 Å². The Morgan fingerprint density at radius 3 is 2.92 bits per heavy atom. The number of furan rings is 1. The van der Waals surface area contributed by atoms with Gasteiger partial charge in [0.05, 0.1) is 19.5 Å². The highest BCUT2D eigenvalue weighted by Gasteiger charge is 2.16. The van der Waals surface area contributed by atoms with E-state index in [2.05, 4.69) is 20.5 Å². The van der Waals surface area contributed by atoms with Crippen LogP contribution in [0.5, 0.6) is 0 Å². The Morgan fingerprint density at radius 1 is 1.32 bits per heavy atom. The standard InChI is InChI=1S/C18H24N4O3/c1-14(12-16-5-3-9-25-16)21-18(23)20-13-15-4-2-6-19-17(15)22-7-10-24-11-8-22/h2-6,9,14H,7-8,10-13H2,1H3,(H2,20,21,23). The number of pyridine rings is 1. The highest BCUT2D eigenvalue weighted by Crippen LogP contribution is 2.18. The summed E-state index contributed by atoms with van der Waals surface area (Å²) < 4.78 is 10.7. The molecule has 1 saturated heterocycles. The van der Waals surface area contributed by atoms with Gasteiger partial charge in [-0.05, 0) is 25.1 Å². The monoisotopic (exact) mass is 344 g/mol. The summed E-state index contributed by atoms with van der Waals surface area (Å²) in [5.74, 6) is 1.77. The second kappa shape index (κ2) is 8.53. The van der Waals surface area contributed by atoms with Crippen LogP contribution in [0.1, 0.15) is 18.2 Å². The highest BCUT2D eigenvalue weighted by atomic mass is 16.5. The largest absolute Gasteiger partial charge is 0.469 e. The van der Waals surface area contributed by atoms with Crippen LogP contribution >= 0.6 is 0 Å². The first-order chi connectivity index (χ1) is 12.2. The van der Waals surface area contributed by atoms with E-state index in [4.69, 9.17) is 9.15 Å². The molecule has 0 bridgehead atoms. The Hall–Kier alpha value is -2.54. The number of hydrogen-bond donors (Lipinski definition) is 2. The van der Waals surface area contributed by atoms with Gasteiger partial charge in [0, 0.05) is 43.9 Å². The number of ether oxygens (including phenoxy) is 1. The molecule has 2 amide bonds. The van der Waals surface area contributed by atoms with Gasteiger partial charge in [-0.25, -0.2) is 9.78 Å². The topological polar surface area (TPSA) is 79.6 Å². The molecule has 0 saturated carbocycles. The van der Waals surface area contributed by atoms with Crippen LogP contribution in [-0.4, -0.2) is 43.4 Å². The third-order valence-corrected chi connectivity index (χ3v) is 4.08. The van der Waals surface area contributed by atoms with Crippen molar-refractivity contribution in [1.29, 1.82) is 0 Å². The van der Waals surface area contributed by atoms with Crippen LogP contribution in [0.4, 0.5) is 10.6 Å². The molecule has 1 atom stereocenters. The molecule has 1 aliphatic rings. The molecule has 134 valence electrons. The van der Waals surface area contributed by atoms with Crippen molar-refractivity contribution in [3.8, 4) is 0 Å². The normalized spacial score (nSPS) is 15.6. The number of anilines is 1. The lowest BCUT2D eigenvalue weighted by Crippen LogP contribution is -2.42. The first-order valence-corrected chi connectivity index (χ1v) is 8.55. The first kappa shape index (κ1) is 17.3. The molecule has 2 N–H and O–H groups in total. The molecule has 0 radical (unpaired) electrons. The molecule has 25 heavy (non-hydrogen) atoms. The van der Waals surface area contributed by atoms with E-state index >= 15 is 0 Å². The summed E-state index contributed by atoms with van der Waals surface area (Å²) >= 11 is 0. The molecule has 2 aromatic heterocycles. The molecule has 0 aliphatic carbocycles. The fourth-order valence-corrected chi connectivity index (χ4v) is 2.86. The lowest BCUT2D eigenvalue weighted by Gasteiger charge is -2.29. The van der Waals surface area contributed by atoms with Crippen LogP contribution in [0.2, 0.25) is 0 Å². The van der Waals surface area contributed by atoms with Crippen molar-refractivity contribution in [3.05, 3.63) is 48.0 Å².